The number of rotatable bonds is 6. The summed E-state index contributed by atoms with van der Waals surface area (Å²) in [5, 5.41) is 0. The molecule has 2 rings (SSSR count). The maximum atomic E-state index is 13.5. The third-order valence-corrected chi connectivity index (χ3v) is 4.68. The van der Waals surface area contributed by atoms with E-state index in [2.05, 4.69) is 0 Å². The van der Waals surface area contributed by atoms with Crippen molar-refractivity contribution in [1.29, 1.82) is 0 Å². The first-order chi connectivity index (χ1) is 9.99. The van der Waals surface area contributed by atoms with Crippen molar-refractivity contribution in [2.75, 3.05) is 18.1 Å². The Morgan fingerprint density at radius 2 is 1.86 bits per heavy atom. The van der Waals surface area contributed by atoms with E-state index in [1.165, 1.54) is 18.2 Å². The van der Waals surface area contributed by atoms with E-state index in [1.54, 1.807) is 24.3 Å². The molecule has 0 aliphatic rings. The van der Waals surface area contributed by atoms with Gasteiger partial charge in [0, 0.05) is 11.8 Å². The third kappa shape index (κ3) is 4.19. The summed E-state index contributed by atoms with van der Waals surface area (Å²) in [5.74, 6) is -0.316. The lowest BCUT2D eigenvalue weighted by molar-refractivity contribution is 0.318. The monoisotopic (exact) mass is 309 g/mol. The molecule has 2 N–H and O–H groups in total. The molecule has 0 amide bonds. The van der Waals surface area contributed by atoms with Crippen LogP contribution < -0.4 is 10.5 Å². The van der Waals surface area contributed by atoms with Gasteiger partial charge in [-0.15, -0.1) is 0 Å². The summed E-state index contributed by atoms with van der Waals surface area (Å²) in [6.07, 6.45) is 0.269. The summed E-state index contributed by atoms with van der Waals surface area (Å²) in [7, 11) is -3.63. The minimum atomic E-state index is -3.63. The lowest BCUT2D eigenvalue weighted by Crippen LogP contribution is -2.12. The second kappa shape index (κ2) is 6.58. The van der Waals surface area contributed by atoms with Crippen molar-refractivity contribution in [3.63, 3.8) is 0 Å². The van der Waals surface area contributed by atoms with Crippen LogP contribution in [0.1, 0.15) is 6.42 Å². The molecule has 112 valence electrons. The maximum Gasteiger partial charge on any atom is 0.181 e. The van der Waals surface area contributed by atoms with Crippen LogP contribution in [0.15, 0.2) is 53.4 Å². The van der Waals surface area contributed by atoms with E-state index in [9.17, 15) is 12.8 Å². The van der Waals surface area contributed by atoms with E-state index < -0.39 is 15.7 Å². The topological polar surface area (TPSA) is 69.4 Å². The van der Waals surface area contributed by atoms with Gasteiger partial charge in [-0.2, -0.15) is 0 Å². The van der Waals surface area contributed by atoms with E-state index in [0.29, 0.717) is 11.4 Å². The molecular weight excluding hydrogens is 293 g/mol. The fraction of sp³-hybridized carbons (Fsp3) is 0.200. The van der Waals surface area contributed by atoms with E-state index in [4.69, 9.17) is 10.5 Å². The summed E-state index contributed by atoms with van der Waals surface area (Å²) in [6, 6.07) is 12.2. The number of sulfone groups is 1. The van der Waals surface area contributed by atoms with Crippen LogP contribution >= 0.6 is 0 Å². The number of hydrogen-bond acceptors (Lipinski definition) is 4. The fourth-order valence-electron chi connectivity index (χ4n) is 1.85. The normalized spacial score (nSPS) is 11.3. The molecular formula is C15H16FNO3S. The Morgan fingerprint density at radius 1 is 1.10 bits per heavy atom. The number of benzene rings is 2. The minimum absolute atomic E-state index is 0.170. The summed E-state index contributed by atoms with van der Waals surface area (Å²) in [4.78, 5) is -0.269. The van der Waals surface area contributed by atoms with Gasteiger partial charge >= 0.3 is 0 Å². The van der Waals surface area contributed by atoms with Gasteiger partial charge in [0.25, 0.3) is 0 Å². The average molecular weight is 309 g/mol. The van der Waals surface area contributed by atoms with Crippen LogP contribution in [0.3, 0.4) is 0 Å². The largest absolute Gasteiger partial charge is 0.493 e. The number of anilines is 1. The predicted molar refractivity (Wildman–Crippen MR) is 79.4 cm³/mol. The Hall–Kier alpha value is -2.08. The van der Waals surface area contributed by atoms with Crippen molar-refractivity contribution < 1.29 is 17.5 Å². The number of hydrogen-bond donors (Lipinski definition) is 1. The Bertz CT molecular complexity index is 716. The zero-order chi connectivity index (χ0) is 15.3. The molecule has 0 spiro atoms. The fourth-order valence-corrected chi connectivity index (χ4v) is 3.22. The Morgan fingerprint density at radius 3 is 2.57 bits per heavy atom. The first-order valence-electron chi connectivity index (χ1n) is 6.45. The van der Waals surface area contributed by atoms with Crippen LogP contribution in [0.5, 0.6) is 5.75 Å². The average Bonchev–Trinajstić information content (AvgIpc) is 2.44. The molecule has 6 heteroatoms. The molecule has 0 fully saturated rings. The minimum Gasteiger partial charge on any atom is -0.493 e. The molecule has 2 aromatic carbocycles. The molecule has 0 aromatic heterocycles. The molecule has 0 saturated carbocycles. The highest BCUT2D eigenvalue weighted by Crippen LogP contribution is 2.17. The number of nitrogen functional groups attached to an aromatic ring is 1. The van der Waals surface area contributed by atoms with E-state index in [0.717, 1.165) is 6.07 Å². The lowest BCUT2D eigenvalue weighted by Gasteiger charge is -2.08. The first-order valence-corrected chi connectivity index (χ1v) is 8.10. The molecule has 0 aliphatic heterocycles. The van der Waals surface area contributed by atoms with Gasteiger partial charge in [0.05, 0.1) is 12.4 Å². The van der Waals surface area contributed by atoms with Gasteiger partial charge in [0.15, 0.2) is 9.84 Å². The maximum absolute atomic E-state index is 13.5. The third-order valence-electron chi connectivity index (χ3n) is 2.86. The molecule has 21 heavy (non-hydrogen) atoms. The van der Waals surface area contributed by atoms with Crippen molar-refractivity contribution in [3.05, 3.63) is 54.3 Å². The highest BCUT2D eigenvalue weighted by molar-refractivity contribution is 7.91. The van der Waals surface area contributed by atoms with Gasteiger partial charge in [-0.05, 0) is 30.7 Å². The smallest absolute Gasteiger partial charge is 0.181 e. The van der Waals surface area contributed by atoms with E-state index in [-0.39, 0.29) is 23.7 Å². The molecule has 0 heterocycles. The highest BCUT2D eigenvalue weighted by Gasteiger charge is 2.18. The molecule has 2 aromatic rings. The number of ether oxygens (including phenoxy) is 1. The van der Waals surface area contributed by atoms with E-state index in [1.807, 2.05) is 0 Å². The molecule has 0 unspecified atom stereocenters. The summed E-state index contributed by atoms with van der Waals surface area (Å²) >= 11 is 0. The number of halogens is 1. The lowest BCUT2D eigenvalue weighted by atomic mass is 10.3. The van der Waals surface area contributed by atoms with Crippen LogP contribution in [-0.4, -0.2) is 20.8 Å². The molecule has 0 aliphatic carbocycles. The van der Waals surface area contributed by atoms with Gasteiger partial charge in [-0.3, -0.25) is 0 Å². The quantitative estimate of drug-likeness (QED) is 0.658. The molecule has 0 atom stereocenters. The summed E-state index contributed by atoms with van der Waals surface area (Å²) < 4.78 is 42.9. The molecule has 4 nitrogen and oxygen atoms in total. The second-order valence-electron chi connectivity index (χ2n) is 4.52. The Balaban J connectivity index is 1.90. The second-order valence-corrected chi connectivity index (χ2v) is 6.60. The van der Waals surface area contributed by atoms with Crippen LogP contribution in [-0.2, 0) is 9.84 Å². The van der Waals surface area contributed by atoms with Gasteiger partial charge < -0.3 is 10.5 Å². The SMILES string of the molecule is Nc1cccc(OCCCS(=O)(=O)c2ccccc2F)c1. The zero-order valence-electron chi connectivity index (χ0n) is 11.3. The van der Waals surface area contributed by atoms with E-state index >= 15 is 0 Å². The van der Waals surface area contributed by atoms with Crippen LogP contribution in [0.2, 0.25) is 0 Å². The van der Waals surface area contributed by atoms with Gasteiger partial charge in [-0.25, -0.2) is 12.8 Å². The van der Waals surface area contributed by atoms with Gasteiger partial charge in [0.1, 0.15) is 16.5 Å². The molecule has 0 bridgehead atoms. The van der Waals surface area contributed by atoms with Crippen molar-refractivity contribution >= 4 is 15.5 Å². The summed E-state index contributed by atoms with van der Waals surface area (Å²) in [6.45, 7) is 0.219. The van der Waals surface area contributed by atoms with Gasteiger partial charge in [-0.1, -0.05) is 18.2 Å². The molecule has 0 radical (unpaired) electrons. The zero-order valence-corrected chi connectivity index (χ0v) is 12.1. The predicted octanol–water partition coefficient (Wildman–Crippen LogP) is 2.65. The van der Waals surface area contributed by atoms with Crippen molar-refractivity contribution in [2.45, 2.75) is 11.3 Å². The van der Waals surface area contributed by atoms with Crippen LogP contribution in [0.4, 0.5) is 10.1 Å². The Kier molecular flexibility index (Phi) is 4.80. The first kappa shape index (κ1) is 15.3. The van der Waals surface area contributed by atoms with Crippen molar-refractivity contribution in [1.82, 2.24) is 0 Å². The highest BCUT2D eigenvalue weighted by atomic mass is 32.2. The van der Waals surface area contributed by atoms with Crippen LogP contribution in [0, 0.1) is 5.82 Å². The van der Waals surface area contributed by atoms with Crippen molar-refractivity contribution in [3.8, 4) is 5.75 Å². The van der Waals surface area contributed by atoms with Crippen LogP contribution in [0.25, 0.3) is 0 Å². The standard InChI is InChI=1S/C15H16FNO3S/c16-14-7-1-2-8-15(14)21(18,19)10-4-9-20-13-6-3-5-12(17)11-13/h1-3,5-8,11H,4,9-10,17H2. The Labute approximate surface area is 123 Å². The number of nitrogens with two attached hydrogens (primary N) is 1. The van der Waals surface area contributed by atoms with Crippen molar-refractivity contribution in [2.24, 2.45) is 0 Å². The summed E-state index contributed by atoms with van der Waals surface area (Å²) in [5.41, 5.74) is 6.18. The van der Waals surface area contributed by atoms with Gasteiger partial charge in [0.2, 0.25) is 0 Å². The molecule has 0 saturated heterocycles.